The number of hydrogen-bond donors (Lipinski definition) is 3. The molecule has 11 heteroatoms. The Morgan fingerprint density at radius 3 is 2.36 bits per heavy atom. The maximum Gasteiger partial charge on any atom is 0.273 e. The van der Waals surface area contributed by atoms with E-state index < -0.39 is 17.9 Å². The van der Waals surface area contributed by atoms with Crippen LogP contribution in [0.3, 0.4) is 0 Å². The van der Waals surface area contributed by atoms with E-state index in [-0.39, 0.29) is 28.2 Å². The van der Waals surface area contributed by atoms with Crippen LogP contribution in [0, 0.1) is 0 Å². The number of nitrogen functional groups attached to an aromatic ring is 1. The Balaban J connectivity index is 1.90. The molecule has 1 aromatic heterocycles. The first-order valence-corrected chi connectivity index (χ1v) is 13.7. The molecule has 206 valence electrons. The molecule has 1 aliphatic rings. The molecule has 1 saturated carbocycles. The van der Waals surface area contributed by atoms with E-state index in [0.717, 1.165) is 42.9 Å². The highest BCUT2D eigenvalue weighted by Crippen LogP contribution is 2.38. The van der Waals surface area contributed by atoms with Gasteiger partial charge in [0.15, 0.2) is 5.69 Å². The zero-order valence-electron chi connectivity index (χ0n) is 22.3. The number of amides is 3. The number of nitrogens with zero attached hydrogens (tertiary/aromatic N) is 3. The molecule has 39 heavy (non-hydrogen) atoms. The van der Waals surface area contributed by atoms with Crippen molar-refractivity contribution in [2.24, 2.45) is 5.73 Å². The summed E-state index contributed by atoms with van der Waals surface area (Å²) in [4.78, 5) is 43.6. The van der Waals surface area contributed by atoms with Gasteiger partial charge in [-0.25, -0.2) is 0 Å². The van der Waals surface area contributed by atoms with Crippen LogP contribution >= 0.6 is 11.5 Å². The summed E-state index contributed by atoms with van der Waals surface area (Å²) in [6.45, 7) is 2.19. The molecule has 3 aromatic rings. The SMILES string of the molecule is CCOc1ccccc1N(C(=O)c1snc(C(N)=O)c1N)C(C(=O)NC1CCCC1)c1ccc(N(C)C)cc1. The molecular formula is C28H34N6O4S. The number of rotatable bonds is 10. The van der Waals surface area contributed by atoms with Gasteiger partial charge in [-0.1, -0.05) is 37.1 Å². The molecule has 2 aromatic carbocycles. The first-order valence-electron chi connectivity index (χ1n) is 12.9. The van der Waals surface area contributed by atoms with Crippen molar-refractivity contribution in [3.8, 4) is 5.75 Å². The van der Waals surface area contributed by atoms with Crippen molar-refractivity contribution in [2.45, 2.75) is 44.7 Å². The predicted octanol–water partition coefficient (Wildman–Crippen LogP) is 3.74. The molecule has 1 aliphatic carbocycles. The van der Waals surface area contributed by atoms with Gasteiger partial charge in [0.25, 0.3) is 11.8 Å². The summed E-state index contributed by atoms with van der Waals surface area (Å²) in [6.07, 6.45) is 3.84. The Bertz CT molecular complexity index is 1330. The van der Waals surface area contributed by atoms with E-state index in [1.807, 2.05) is 50.2 Å². The average molecular weight is 551 g/mol. The second kappa shape index (κ2) is 12.2. The number of carbonyl (C=O) groups excluding carboxylic acids is 3. The molecule has 0 radical (unpaired) electrons. The monoisotopic (exact) mass is 550 g/mol. The van der Waals surface area contributed by atoms with Gasteiger partial charge in [-0.3, -0.25) is 19.3 Å². The van der Waals surface area contributed by atoms with Crippen molar-refractivity contribution in [2.75, 3.05) is 36.2 Å². The number of nitrogens with one attached hydrogen (secondary N) is 1. The summed E-state index contributed by atoms with van der Waals surface area (Å²) in [5.74, 6) is -1.32. The number of hydrogen-bond acceptors (Lipinski definition) is 8. The highest BCUT2D eigenvalue weighted by Gasteiger charge is 2.38. The normalized spacial score (nSPS) is 14.0. The molecule has 5 N–H and O–H groups in total. The number of aromatic nitrogens is 1. The fourth-order valence-corrected chi connectivity index (χ4v) is 5.50. The van der Waals surface area contributed by atoms with Gasteiger partial charge in [-0.2, -0.15) is 4.37 Å². The summed E-state index contributed by atoms with van der Waals surface area (Å²) < 4.78 is 9.90. The molecule has 10 nitrogen and oxygen atoms in total. The number of ether oxygens (including phenoxy) is 1. The smallest absolute Gasteiger partial charge is 0.273 e. The number of nitrogens with two attached hydrogens (primary N) is 2. The number of anilines is 3. The molecule has 1 fully saturated rings. The molecule has 1 unspecified atom stereocenters. The zero-order chi connectivity index (χ0) is 28.1. The maximum absolute atomic E-state index is 14.3. The summed E-state index contributed by atoms with van der Waals surface area (Å²) in [7, 11) is 3.85. The second-order valence-corrected chi connectivity index (χ2v) is 10.4. The summed E-state index contributed by atoms with van der Waals surface area (Å²) >= 11 is 0.772. The lowest BCUT2D eigenvalue weighted by Gasteiger charge is -2.33. The average Bonchev–Trinajstić information content (AvgIpc) is 3.57. The van der Waals surface area contributed by atoms with Gasteiger partial charge in [0.2, 0.25) is 5.91 Å². The van der Waals surface area contributed by atoms with Crippen molar-refractivity contribution in [1.82, 2.24) is 9.69 Å². The third-order valence-corrected chi connectivity index (χ3v) is 7.58. The lowest BCUT2D eigenvalue weighted by Crippen LogP contribution is -2.46. The van der Waals surface area contributed by atoms with Crippen LogP contribution in [0.25, 0.3) is 0 Å². The van der Waals surface area contributed by atoms with Crippen LogP contribution in [0.15, 0.2) is 48.5 Å². The molecule has 4 rings (SSSR count). The number of para-hydroxylation sites is 2. The maximum atomic E-state index is 14.3. The van der Waals surface area contributed by atoms with Crippen LogP contribution in [0.5, 0.6) is 5.75 Å². The fraction of sp³-hybridized carbons (Fsp3) is 0.357. The highest BCUT2D eigenvalue weighted by atomic mass is 32.1. The minimum absolute atomic E-state index is 0.0127. The van der Waals surface area contributed by atoms with Crippen molar-refractivity contribution in [1.29, 1.82) is 0 Å². The molecule has 0 saturated heterocycles. The van der Waals surface area contributed by atoms with Crippen LogP contribution in [0.2, 0.25) is 0 Å². The summed E-state index contributed by atoms with van der Waals surface area (Å²) in [5.41, 5.74) is 13.2. The van der Waals surface area contributed by atoms with Crippen molar-refractivity contribution < 1.29 is 19.1 Å². The number of primary amides is 1. The zero-order valence-corrected chi connectivity index (χ0v) is 23.2. The number of carbonyl (C=O) groups is 3. The molecule has 1 atom stereocenters. The van der Waals surface area contributed by atoms with Gasteiger partial charge < -0.3 is 26.4 Å². The largest absolute Gasteiger partial charge is 0.492 e. The van der Waals surface area contributed by atoms with Crippen LogP contribution < -0.4 is 31.3 Å². The third kappa shape index (κ3) is 5.98. The Hall–Kier alpha value is -4.12. The van der Waals surface area contributed by atoms with E-state index in [9.17, 15) is 14.4 Å². The van der Waals surface area contributed by atoms with E-state index in [1.165, 1.54) is 4.90 Å². The van der Waals surface area contributed by atoms with E-state index in [4.69, 9.17) is 16.2 Å². The van der Waals surface area contributed by atoms with Gasteiger partial charge in [0, 0.05) is 25.8 Å². The predicted molar refractivity (Wildman–Crippen MR) is 153 cm³/mol. The lowest BCUT2D eigenvalue weighted by atomic mass is 10.0. The Morgan fingerprint density at radius 1 is 1.10 bits per heavy atom. The van der Waals surface area contributed by atoms with Gasteiger partial charge in [0.05, 0.1) is 18.0 Å². The molecule has 3 amide bonds. The van der Waals surface area contributed by atoms with Crippen LogP contribution in [0.4, 0.5) is 17.1 Å². The summed E-state index contributed by atoms with van der Waals surface area (Å²) in [6, 6.07) is 13.5. The highest BCUT2D eigenvalue weighted by molar-refractivity contribution is 7.09. The van der Waals surface area contributed by atoms with Gasteiger partial charge in [-0.05, 0) is 61.1 Å². The van der Waals surface area contributed by atoms with E-state index in [2.05, 4.69) is 9.69 Å². The summed E-state index contributed by atoms with van der Waals surface area (Å²) in [5, 5.41) is 3.16. The quantitative estimate of drug-likeness (QED) is 0.349. The molecular weight excluding hydrogens is 516 g/mol. The lowest BCUT2D eigenvalue weighted by molar-refractivity contribution is -0.123. The first-order chi connectivity index (χ1) is 18.7. The fourth-order valence-electron chi connectivity index (χ4n) is 4.76. The van der Waals surface area contributed by atoms with E-state index >= 15 is 0 Å². The minimum Gasteiger partial charge on any atom is -0.492 e. The second-order valence-electron chi connectivity index (χ2n) is 9.59. The van der Waals surface area contributed by atoms with Crippen LogP contribution in [-0.2, 0) is 4.79 Å². The van der Waals surface area contributed by atoms with E-state index in [0.29, 0.717) is 23.6 Å². The van der Waals surface area contributed by atoms with Crippen molar-refractivity contribution >= 4 is 46.3 Å². The molecule has 1 heterocycles. The van der Waals surface area contributed by atoms with Gasteiger partial charge in [-0.15, -0.1) is 0 Å². The molecule has 0 spiro atoms. The standard InChI is InChI=1S/C28H34N6O4S/c1-4-38-21-12-8-7-11-20(21)34(28(37)25-22(29)23(26(30)35)32-39-25)24(27(36)31-18-9-5-6-10-18)17-13-15-19(16-14-17)33(2)3/h7-8,11-16,18,24H,4-6,9-10,29H2,1-3H3,(H2,30,35)(H,31,36). The Morgan fingerprint density at radius 2 is 1.77 bits per heavy atom. The van der Waals surface area contributed by atoms with Gasteiger partial charge >= 0.3 is 0 Å². The first kappa shape index (κ1) is 27.9. The van der Waals surface area contributed by atoms with Crippen LogP contribution in [-0.4, -0.2) is 48.8 Å². The van der Waals surface area contributed by atoms with Crippen molar-refractivity contribution in [3.63, 3.8) is 0 Å². The van der Waals surface area contributed by atoms with Crippen molar-refractivity contribution in [3.05, 3.63) is 64.7 Å². The molecule has 0 aliphatic heterocycles. The third-order valence-electron chi connectivity index (χ3n) is 6.73. The van der Waals surface area contributed by atoms with Gasteiger partial charge in [0.1, 0.15) is 16.7 Å². The number of benzene rings is 2. The molecule has 0 bridgehead atoms. The Labute approximate surface area is 232 Å². The topological polar surface area (TPSA) is 144 Å². The van der Waals surface area contributed by atoms with Crippen LogP contribution in [0.1, 0.15) is 64.4 Å². The minimum atomic E-state index is -1.06. The van der Waals surface area contributed by atoms with E-state index in [1.54, 1.807) is 24.3 Å². The Kier molecular flexibility index (Phi) is 8.70.